The summed E-state index contributed by atoms with van der Waals surface area (Å²) in [5.74, 6) is 1.35. The van der Waals surface area contributed by atoms with Gasteiger partial charge in [-0.05, 0) is 43.2 Å². The zero-order valence-corrected chi connectivity index (χ0v) is 17.5. The molecule has 29 heavy (non-hydrogen) atoms. The van der Waals surface area contributed by atoms with Crippen LogP contribution in [0.15, 0.2) is 35.1 Å². The molecule has 1 aromatic carbocycles. The summed E-state index contributed by atoms with van der Waals surface area (Å²) in [4.78, 5) is 16.0. The maximum atomic E-state index is 13.6. The van der Waals surface area contributed by atoms with Crippen molar-refractivity contribution in [3.05, 3.63) is 56.7 Å². The smallest absolute Gasteiger partial charge is 0.264 e. The Bertz CT molecular complexity index is 1220. The highest BCUT2D eigenvalue weighted by Gasteiger charge is 2.24. The molecular formula is C22H25N5OS. The second kappa shape index (κ2) is 7.63. The SMILES string of the molecule is CCCCNc1nnc2n(Cc3ccccc3)c(=O)c3c4c(sc3n12)CCCC4. The Morgan fingerprint density at radius 3 is 2.79 bits per heavy atom. The van der Waals surface area contributed by atoms with Gasteiger partial charge in [-0.15, -0.1) is 21.5 Å². The largest absolute Gasteiger partial charge is 0.354 e. The van der Waals surface area contributed by atoms with Crippen LogP contribution in [0, 0.1) is 0 Å². The highest BCUT2D eigenvalue weighted by molar-refractivity contribution is 7.19. The highest BCUT2D eigenvalue weighted by atomic mass is 32.1. The number of fused-ring (bicyclic) bond motifs is 5. The van der Waals surface area contributed by atoms with Crippen molar-refractivity contribution in [2.75, 3.05) is 11.9 Å². The van der Waals surface area contributed by atoms with Crippen LogP contribution in [0.3, 0.4) is 0 Å². The monoisotopic (exact) mass is 407 g/mol. The average molecular weight is 408 g/mol. The van der Waals surface area contributed by atoms with Crippen molar-refractivity contribution in [1.29, 1.82) is 0 Å². The third-order valence-corrected chi connectivity index (χ3v) is 6.98. The summed E-state index contributed by atoms with van der Waals surface area (Å²) in [6.07, 6.45) is 6.59. The molecule has 7 heteroatoms. The van der Waals surface area contributed by atoms with Crippen LogP contribution in [0.25, 0.3) is 16.0 Å². The van der Waals surface area contributed by atoms with Gasteiger partial charge >= 0.3 is 0 Å². The van der Waals surface area contributed by atoms with Crippen molar-refractivity contribution in [2.24, 2.45) is 0 Å². The topological polar surface area (TPSA) is 64.2 Å². The fourth-order valence-electron chi connectivity index (χ4n) is 4.19. The number of nitrogens with one attached hydrogen (secondary N) is 1. The number of nitrogens with zero attached hydrogens (tertiary/aromatic N) is 4. The quantitative estimate of drug-likeness (QED) is 0.486. The molecule has 0 atom stereocenters. The molecule has 1 aliphatic rings. The summed E-state index contributed by atoms with van der Waals surface area (Å²) < 4.78 is 3.86. The van der Waals surface area contributed by atoms with Crippen LogP contribution >= 0.6 is 11.3 Å². The predicted octanol–water partition coefficient (Wildman–Crippen LogP) is 4.24. The molecule has 0 spiro atoms. The number of hydrogen-bond acceptors (Lipinski definition) is 5. The fraction of sp³-hybridized carbons (Fsp3) is 0.409. The van der Waals surface area contributed by atoms with E-state index in [0.717, 1.165) is 60.4 Å². The molecule has 3 heterocycles. The van der Waals surface area contributed by atoms with E-state index in [1.165, 1.54) is 16.9 Å². The maximum Gasteiger partial charge on any atom is 0.264 e. The van der Waals surface area contributed by atoms with E-state index in [-0.39, 0.29) is 5.56 Å². The number of aryl methyl sites for hydroxylation is 2. The van der Waals surface area contributed by atoms with E-state index < -0.39 is 0 Å². The van der Waals surface area contributed by atoms with Crippen molar-refractivity contribution < 1.29 is 0 Å². The Balaban J connectivity index is 1.76. The number of aromatic nitrogens is 4. The van der Waals surface area contributed by atoms with E-state index in [1.807, 2.05) is 30.3 Å². The molecule has 0 aliphatic heterocycles. The number of benzene rings is 1. The minimum absolute atomic E-state index is 0.0586. The van der Waals surface area contributed by atoms with Gasteiger partial charge in [-0.2, -0.15) is 0 Å². The maximum absolute atomic E-state index is 13.6. The van der Waals surface area contributed by atoms with Gasteiger partial charge in [0.15, 0.2) is 0 Å². The Morgan fingerprint density at radius 1 is 1.14 bits per heavy atom. The normalized spacial score (nSPS) is 13.8. The molecule has 3 aromatic heterocycles. The van der Waals surface area contributed by atoms with Crippen molar-refractivity contribution in [3.63, 3.8) is 0 Å². The van der Waals surface area contributed by atoms with Gasteiger partial charge in [0.25, 0.3) is 5.56 Å². The molecule has 6 nitrogen and oxygen atoms in total. The summed E-state index contributed by atoms with van der Waals surface area (Å²) in [7, 11) is 0. The molecule has 1 aliphatic carbocycles. The third kappa shape index (κ3) is 3.13. The van der Waals surface area contributed by atoms with E-state index in [0.29, 0.717) is 12.3 Å². The minimum Gasteiger partial charge on any atom is -0.354 e. The van der Waals surface area contributed by atoms with E-state index in [1.54, 1.807) is 15.9 Å². The zero-order valence-electron chi connectivity index (χ0n) is 16.6. The van der Waals surface area contributed by atoms with Crippen molar-refractivity contribution in [2.45, 2.75) is 52.0 Å². The lowest BCUT2D eigenvalue weighted by molar-refractivity contribution is 0.698. The Labute approximate surface area is 173 Å². The van der Waals surface area contributed by atoms with Crippen LogP contribution in [-0.2, 0) is 19.4 Å². The van der Waals surface area contributed by atoms with Gasteiger partial charge in [0.05, 0.1) is 11.9 Å². The molecule has 4 aromatic rings. The summed E-state index contributed by atoms with van der Waals surface area (Å²) in [6.45, 7) is 3.52. The highest BCUT2D eigenvalue weighted by Crippen LogP contribution is 2.35. The lowest BCUT2D eigenvalue weighted by Gasteiger charge is -2.12. The molecule has 0 unspecified atom stereocenters. The third-order valence-electron chi connectivity index (χ3n) is 5.70. The van der Waals surface area contributed by atoms with Gasteiger partial charge in [0.1, 0.15) is 4.83 Å². The first-order valence-electron chi connectivity index (χ1n) is 10.5. The van der Waals surface area contributed by atoms with E-state index >= 15 is 0 Å². The summed E-state index contributed by atoms with van der Waals surface area (Å²) in [5.41, 5.74) is 2.39. The molecule has 0 radical (unpaired) electrons. The lowest BCUT2D eigenvalue weighted by Crippen LogP contribution is -2.24. The number of rotatable bonds is 6. The van der Waals surface area contributed by atoms with Crippen molar-refractivity contribution >= 4 is 33.3 Å². The van der Waals surface area contributed by atoms with Crippen LogP contribution in [0.2, 0.25) is 0 Å². The Morgan fingerprint density at radius 2 is 1.97 bits per heavy atom. The molecule has 0 fully saturated rings. The first-order valence-corrected chi connectivity index (χ1v) is 11.3. The molecule has 0 amide bonds. The summed E-state index contributed by atoms with van der Waals surface area (Å²) in [6, 6.07) is 10.1. The number of thiophene rings is 1. The first-order chi connectivity index (χ1) is 14.3. The summed E-state index contributed by atoms with van der Waals surface area (Å²) in [5, 5.41) is 13.1. The molecule has 1 N–H and O–H groups in total. The van der Waals surface area contributed by atoms with Gasteiger partial charge in [-0.1, -0.05) is 43.7 Å². The van der Waals surface area contributed by atoms with E-state index in [2.05, 4.69) is 26.8 Å². The predicted molar refractivity (Wildman–Crippen MR) is 118 cm³/mol. The van der Waals surface area contributed by atoms with Crippen LogP contribution in [0.5, 0.6) is 0 Å². The van der Waals surface area contributed by atoms with Gasteiger partial charge in [0.2, 0.25) is 11.7 Å². The number of hydrogen-bond donors (Lipinski definition) is 1. The zero-order chi connectivity index (χ0) is 19.8. The number of anilines is 1. The van der Waals surface area contributed by atoms with Gasteiger partial charge < -0.3 is 5.32 Å². The molecular weight excluding hydrogens is 382 g/mol. The Kier molecular flexibility index (Phi) is 4.83. The standard InChI is InChI=1S/C22H25N5OS/c1-2-3-13-23-21-24-25-22-26(14-15-9-5-4-6-10-15)19(28)18-16-11-7-8-12-17(16)29-20(18)27(21)22/h4-6,9-10H,2-3,7-8,11-14H2,1H3,(H,23,24). The molecule has 5 rings (SSSR count). The molecule has 0 saturated heterocycles. The van der Waals surface area contributed by atoms with E-state index in [4.69, 9.17) is 0 Å². The fourth-order valence-corrected chi connectivity index (χ4v) is 5.57. The second-order valence-corrected chi connectivity index (χ2v) is 8.79. The van der Waals surface area contributed by atoms with Gasteiger partial charge in [-0.25, -0.2) is 4.40 Å². The van der Waals surface area contributed by atoms with Crippen LogP contribution in [-0.4, -0.2) is 25.7 Å². The molecule has 0 saturated carbocycles. The van der Waals surface area contributed by atoms with Crippen molar-refractivity contribution in [3.8, 4) is 0 Å². The van der Waals surface area contributed by atoms with Crippen LogP contribution in [0.4, 0.5) is 5.95 Å². The molecule has 0 bridgehead atoms. The average Bonchev–Trinajstić information content (AvgIpc) is 3.34. The summed E-state index contributed by atoms with van der Waals surface area (Å²) >= 11 is 1.75. The van der Waals surface area contributed by atoms with Crippen LogP contribution in [0.1, 0.15) is 48.6 Å². The molecule has 150 valence electrons. The Hall–Kier alpha value is -2.67. The first kappa shape index (κ1) is 18.4. The number of unbranched alkanes of at least 4 members (excludes halogenated alkanes) is 1. The van der Waals surface area contributed by atoms with Gasteiger partial charge in [0, 0.05) is 11.4 Å². The lowest BCUT2D eigenvalue weighted by atomic mass is 9.97. The second-order valence-electron chi connectivity index (χ2n) is 7.71. The van der Waals surface area contributed by atoms with Crippen LogP contribution < -0.4 is 10.9 Å². The van der Waals surface area contributed by atoms with Gasteiger partial charge in [-0.3, -0.25) is 9.36 Å². The van der Waals surface area contributed by atoms with E-state index in [9.17, 15) is 4.79 Å². The van der Waals surface area contributed by atoms with Crippen molar-refractivity contribution in [1.82, 2.24) is 19.2 Å². The minimum atomic E-state index is 0.0586.